The average molecular weight is 403 g/mol. The van der Waals surface area contributed by atoms with Crippen LogP contribution in [0.2, 0.25) is 0 Å². The van der Waals surface area contributed by atoms with E-state index in [1.54, 1.807) is 11.7 Å². The molecule has 2 fully saturated rings. The Morgan fingerprint density at radius 3 is 2.60 bits per heavy atom. The second-order valence-electron chi connectivity index (χ2n) is 8.18. The Hall–Kier alpha value is -3.22. The number of aryl methyl sites for hydroxylation is 1. The minimum absolute atomic E-state index is 0.000885. The third kappa shape index (κ3) is 3.05. The lowest BCUT2D eigenvalue weighted by Crippen LogP contribution is -2.31. The molecule has 0 radical (unpaired) electrons. The van der Waals surface area contributed by atoms with Gasteiger partial charge < -0.3 is 10.2 Å². The monoisotopic (exact) mass is 403 g/mol. The number of carbonyl (C=O) groups is 2. The van der Waals surface area contributed by atoms with Gasteiger partial charge in [-0.1, -0.05) is 18.2 Å². The van der Waals surface area contributed by atoms with Gasteiger partial charge in [-0.15, -0.1) is 0 Å². The summed E-state index contributed by atoms with van der Waals surface area (Å²) < 4.78 is 1.76. The van der Waals surface area contributed by atoms with Crippen LogP contribution in [0.1, 0.15) is 69.7 Å². The van der Waals surface area contributed by atoms with Crippen molar-refractivity contribution in [3.05, 3.63) is 58.9 Å². The lowest BCUT2D eigenvalue weighted by molar-refractivity contribution is 0.0733. The number of amides is 2. The molecule has 1 aromatic carbocycles. The SMILES string of the molecule is CNC(=O)c1cc(C2CC2)nc2c1c(C1CCCN1C(=O)c1ccccc1)nn2C. The zero-order chi connectivity index (χ0) is 20.8. The van der Waals surface area contributed by atoms with E-state index in [4.69, 9.17) is 10.1 Å². The van der Waals surface area contributed by atoms with Gasteiger partial charge in [0.2, 0.25) is 0 Å². The highest BCUT2D eigenvalue weighted by molar-refractivity contribution is 6.07. The van der Waals surface area contributed by atoms with Crippen LogP contribution < -0.4 is 5.32 Å². The van der Waals surface area contributed by atoms with E-state index in [1.807, 2.05) is 48.3 Å². The van der Waals surface area contributed by atoms with Gasteiger partial charge in [-0.05, 0) is 43.9 Å². The van der Waals surface area contributed by atoms with Gasteiger partial charge in [0.1, 0.15) is 0 Å². The average Bonchev–Trinajstić information content (AvgIpc) is 3.43. The van der Waals surface area contributed by atoms with Crippen molar-refractivity contribution in [2.45, 2.75) is 37.6 Å². The fourth-order valence-electron chi connectivity index (χ4n) is 4.47. The van der Waals surface area contributed by atoms with Crippen LogP contribution in [-0.2, 0) is 7.05 Å². The Morgan fingerprint density at radius 2 is 1.90 bits per heavy atom. The molecule has 0 spiro atoms. The Labute approximate surface area is 175 Å². The molecule has 1 atom stereocenters. The van der Waals surface area contributed by atoms with Crippen molar-refractivity contribution >= 4 is 22.8 Å². The second kappa shape index (κ2) is 7.23. The predicted molar refractivity (Wildman–Crippen MR) is 113 cm³/mol. The molecule has 30 heavy (non-hydrogen) atoms. The lowest BCUT2D eigenvalue weighted by atomic mass is 10.0. The summed E-state index contributed by atoms with van der Waals surface area (Å²) in [4.78, 5) is 32.7. The molecular weight excluding hydrogens is 378 g/mol. The maximum absolute atomic E-state index is 13.2. The van der Waals surface area contributed by atoms with Crippen molar-refractivity contribution in [3.63, 3.8) is 0 Å². The molecule has 0 bridgehead atoms. The number of nitrogens with one attached hydrogen (secondary N) is 1. The third-order valence-electron chi connectivity index (χ3n) is 6.16. The zero-order valence-corrected chi connectivity index (χ0v) is 17.3. The number of likely N-dealkylation sites (tertiary alicyclic amines) is 1. The molecule has 1 unspecified atom stereocenters. The number of carbonyl (C=O) groups excluding carboxylic acids is 2. The second-order valence-corrected chi connectivity index (χ2v) is 8.18. The molecule has 2 amide bonds. The summed E-state index contributed by atoms with van der Waals surface area (Å²) in [5.74, 6) is 0.289. The lowest BCUT2D eigenvalue weighted by Gasteiger charge is -2.24. The van der Waals surface area contributed by atoms with Gasteiger partial charge in [-0.3, -0.25) is 14.3 Å². The highest BCUT2D eigenvalue weighted by atomic mass is 16.2. The summed E-state index contributed by atoms with van der Waals surface area (Å²) in [6, 6.07) is 11.1. The molecule has 7 heteroatoms. The molecule has 2 aromatic heterocycles. The quantitative estimate of drug-likeness (QED) is 0.726. The predicted octanol–water partition coefficient (Wildman–Crippen LogP) is 3.18. The van der Waals surface area contributed by atoms with Crippen LogP contribution in [0.5, 0.6) is 0 Å². The number of aromatic nitrogens is 3. The van der Waals surface area contributed by atoms with Crippen LogP contribution in [0, 0.1) is 0 Å². The van der Waals surface area contributed by atoms with E-state index in [1.165, 1.54) is 0 Å². The van der Waals surface area contributed by atoms with Gasteiger partial charge in [0, 0.05) is 37.8 Å². The summed E-state index contributed by atoms with van der Waals surface area (Å²) in [5, 5.41) is 8.30. The van der Waals surface area contributed by atoms with Crippen molar-refractivity contribution in [1.29, 1.82) is 0 Å². The first-order chi connectivity index (χ1) is 14.6. The number of rotatable bonds is 4. The number of fused-ring (bicyclic) bond motifs is 1. The highest BCUT2D eigenvalue weighted by Gasteiger charge is 2.36. The first kappa shape index (κ1) is 18.8. The molecular formula is C23H25N5O2. The first-order valence-corrected chi connectivity index (χ1v) is 10.5. The highest BCUT2D eigenvalue weighted by Crippen LogP contribution is 2.42. The van der Waals surface area contributed by atoms with E-state index in [2.05, 4.69) is 5.32 Å². The molecule has 7 nitrogen and oxygen atoms in total. The van der Waals surface area contributed by atoms with E-state index in [-0.39, 0.29) is 17.9 Å². The smallest absolute Gasteiger partial charge is 0.254 e. The van der Waals surface area contributed by atoms with Crippen LogP contribution >= 0.6 is 0 Å². The normalized spacial score (nSPS) is 18.7. The van der Waals surface area contributed by atoms with Gasteiger partial charge in [0.05, 0.1) is 22.7 Å². The number of benzene rings is 1. The van der Waals surface area contributed by atoms with Crippen LogP contribution in [0.25, 0.3) is 11.0 Å². The van der Waals surface area contributed by atoms with E-state index in [0.29, 0.717) is 29.2 Å². The largest absolute Gasteiger partial charge is 0.355 e. The minimum atomic E-state index is -0.168. The number of hydrogen-bond donors (Lipinski definition) is 1. The molecule has 1 N–H and O–H groups in total. The molecule has 3 heterocycles. The van der Waals surface area contributed by atoms with E-state index >= 15 is 0 Å². The van der Waals surface area contributed by atoms with Gasteiger partial charge >= 0.3 is 0 Å². The molecule has 1 aliphatic heterocycles. The fourth-order valence-corrected chi connectivity index (χ4v) is 4.47. The minimum Gasteiger partial charge on any atom is -0.355 e. The van der Waals surface area contributed by atoms with Crippen LogP contribution in [0.3, 0.4) is 0 Å². The third-order valence-corrected chi connectivity index (χ3v) is 6.16. The Kier molecular flexibility index (Phi) is 4.53. The molecule has 154 valence electrons. The molecule has 1 saturated carbocycles. The Balaban J connectivity index is 1.63. The summed E-state index contributed by atoms with van der Waals surface area (Å²) in [7, 11) is 3.50. The van der Waals surface area contributed by atoms with Crippen molar-refractivity contribution in [2.75, 3.05) is 13.6 Å². The summed E-state index contributed by atoms with van der Waals surface area (Å²) in [5.41, 5.74) is 3.71. The summed E-state index contributed by atoms with van der Waals surface area (Å²) in [6.07, 6.45) is 3.95. The maximum Gasteiger partial charge on any atom is 0.254 e. The van der Waals surface area contributed by atoms with Gasteiger partial charge in [-0.25, -0.2) is 4.98 Å². The zero-order valence-electron chi connectivity index (χ0n) is 17.3. The Morgan fingerprint density at radius 1 is 1.13 bits per heavy atom. The fraction of sp³-hybridized carbons (Fsp3) is 0.391. The summed E-state index contributed by atoms with van der Waals surface area (Å²) >= 11 is 0. The number of hydrogen-bond acceptors (Lipinski definition) is 4. The van der Waals surface area contributed by atoms with Crippen LogP contribution in [0.15, 0.2) is 36.4 Å². The van der Waals surface area contributed by atoms with Crippen molar-refractivity contribution < 1.29 is 9.59 Å². The number of pyridine rings is 1. The van der Waals surface area contributed by atoms with Gasteiger partial charge in [-0.2, -0.15) is 5.10 Å². The van der Waals surface area contributed by atoms with Crippen molar-refractivity contribution in [3.8, 4) is 0 Å². The van der Waals surface area contributed by atoms with E-state index in [0.717, 1.165) is 42.5 Å². The molecule has 1 saturated heterocycles. The van der Waals surface area contributed by atoms with Crippen LogP contribution in [0.4, 0.5) is 0 Å². The van der Waals surface area contributed by atoms with E-state index < -0.39 is 0 Å². The number of nitrogens with zero attached hydrogens (tertiary/aromatic N) is 4. The molecule has 1 aliphatic carbocycles. The molecule has 2 aliphatic rings. The summed E-state index contributed by atoms with van der Waals surface area (Å²) in [6.45, 7) is 0.680. The van der Waals surface area contributed by atoms with Gasteiger partial charge in [0.25, 0.3) is 11.8 Å². The van der Waals surface area contributed by atoms with Gasteiger partial charge in [0.15, 0.2) is 5.65 Å². The van der Waals surface area contributed by atoms with E-state index in [9.17, 15) is 9.59 Å². The topological polar surface area (TPSA) is 80.1 Å². The van der Waals surface area contributed by atoms with Crippen molar-refractivity contribution in [1.82, 2.24) is 25.0 Å². The molecule has 5 rings (SSSR count). The standard InChI is InChI=1S/C23H25N5O2/c1-24-22(29)16-13-17(14-10-11-14)25-21-19(16)20(26-27(21)2)18-9-6-12-28(18)23(30)15-7-4-3-5-8-15/h3-5,7-8,13-14,18H,6,9-12H2,1-2H3,(H,24,29). The molecule has 3 aromatic rings. The van der Waals surface area contributed by atoms with Crippen LogP contribution in [-0.4, -0.2) is 45.1 Å². The Bertz CT molecular complexity index is 1130. The maximum atomic E-state index is 13.2. The first-order valence-electron chi connectivity index (χ1n) is 10.5. The van der Waals surface area contributed by atoms with Crippen molar-refractivity contribution in [2.24, 2.45) is 7.05 Å².